The molecule has 24 heavy (non-hydrogen) atoms. The minimum absolute atomic E-state index is 0.00671. The molecule has 0 radical (unpaired) electrons. The standard InChI is InChI=1S/C18H17N3O2S/c1-11-5-7-12(8-6-11)15-9-19-16(23-15)10-24-18-20-14-4-2-3-13(14)17(22)21-18/h5-9H,2-4,10H2,1H3,(H,20,21,22). The lowest BCUT2D eigenvalue weighted by Crippen LogP contribution is -2.14. The van der Waals surface area contributed by atoms with Gasteiger partial charge in [0.25, 0.3) is 5.56 Å². The van der Waals surface area contributed by atoms with Crippen LogP contribution in [0.5, 0.6) is 0 Å². The molecule has 0 atom stereocenters. The van der Waals surface area contributed by atoms with E-state index >= 15 is 0 Å². The van der Waals surface area contributed by atoms with Crippen LogP contribution >= 0.6 is 11.8 Å². The topological polar surface area (TPSA) is 71.8 Å². The second-order valence-corrected chi connectivity index (χ2v) is 6.89. The molecule has 0 aliphatic heterocycles. The number of nitrogens with one attached hydrogen (secondary N) is 1. The van der Waals surface area contributed by atoms with Gasteiger partial charge in [-0.25, -0.2) is 9.97 Å². The third-order valence-corrected chi connectivity index (χ3v) is 5.00. The normalized spacial score (nSPS) is 13.2. The predicted octanol–water partition coefficient (Wildman–Crippen LogP) is 3.51. The van der Waals surface area contributed by atoms with E-state index in [4.69, 9.17) is 4.42 Å². The number of benzene rings is 1. The predicted molar refractivity (Wildman–Crippen MR) is 93.1 cm³/mol. The fraction of sp³-hybridized carbons (Fsp3) is 0.278. The third-order valence-electron chi connectivity index (χ3n) is 4.14. The largest absolute Gasteiger partial charge is 0.440 e. The maximum atomic E-state index is 12.0. The Kier molecular flexibility index (Phi) is 3.98. The van der Waals surface area contributed by atoms with Gasteiger partial charge in [0.1, 0.15) is 0 Å². The monoisotopic (exact) mass is 339 g/mol. The van der Waals surface area contributed by atoms with Gasteiger partial charge in [0.2, 0.25) is 5.89 Å². The average Bonchev–Trinajstić information content (AvgIpc) is 3.23. The van der Waals surface area contributed by atoms with Crippen molar-refractivity contribution in [3.63, 3.8) is 0 Å². The van der Waals surface area contributed by atoms with Crippen LogP contribution in [0.25, 0.3) is 11.3 Å². The van der Waals surface area contributed by atoms with Gasteiger partial charge in [-0.3, -0.25) is 4.79 Å². The van der Waals surface area contributed by atoms with E-state index in [-0.39, 0.29) is 5.56 Å². The molecule has 0 unspecified atom stereocenters. The first-order valence-corrected chi connectivity index (χ1v) is 8.94. The highest BCUT2D eigenvalue weighted by Crippen LogP contribution is 2.25. The molecular weight excluding hydrogens is 322 g/mol. The number of nitrogens with zero attached hydrogens (tertiary/aromatic N) is 2. The van der Waals surface area contributed by atoms with Gasteiger partial charge in [0.05, 0.1) is 17.6 Å². The molecule has 1 N–H and O–H groups in total. The van der Waals surface area contributed by atoms with E-state index in [1.54, 1.807) is 6.20 Å². The first-order valence-electron chi connectivity index (χ1n) is 7.95. The molecule has 0 saturated carbocycles. The van der Waals surface area contributed by atoms with Crippen molar-refractivity contribution in [2.45, 2.75) is 37.1 Å². The Morgan fingerprint density at radius 1 is 1.25 bits per heavy atom. The van der Waals surface area contributed by atoms with Gasteiger partial charge < -0.3 is 9.40 Å². The van der Waals surface area contributed by atoms with E-state index < -0.39 is 0 Å². The van der Waals surface area contributed by atoms with Gasteiger partial charge >= 0.3 is 0 Å². The van der Waals surface area contributed by atoms with E-state index in [9.17, 15) is 4.79 Å². The van der Waals surface area contributed by atoms with Crippen molar-refractivity contribution in [2.75, 3.05) is 0 Å². The van der Waals surface area contributed by atoms with Gasteiger partial charge in [-0.15, -0.1) is 0 Å². The average molecular weight is 339 g/mol. The molecule has 4 rings (SSSR count). The van der Waals surface area contributed by atoms with Crippen molar-refractivity contribution >= 4 is 11.8 Å². The number of hydrogen-bond donors (Lipinski definition) is 1. The Morgan fingerprint density at radius 3 is 2.92 bits per heavy atom. The SMILES string of the molecule is Cc1ccc(-c2cnc(CSc3nc4c(c(=O)[nH]3)CCC4)o2)cc1. The summed E-state index contributed by atoms with van der Waals surface area (Å²) in [6, 6.07) is 8.13. The number of oxazole rings is 1. The maximum absolute atomic E-state index is 12.0. The van der Waals surface area contributed by atoms with E-state index in [2.05, 4.69) is 21.9 Å². The molecule has 0 saturated heterocycles. The van der Waals surface area contributed by atoms with E-state index in [1.165, 1.54) is 17.3 Å². The molecule has 0 spiro atoms. The first-order chi connectivity index (χ1) is 11.7. The Balaban J connectivity index is 1.48. The number of fused-ring (bicyclic) bond motifs is 1. The number of aromatic amines is 1. The summed E-state index contributed by atoms with van der Waals surface area (Å²) in [4.78, 5) is 23.7. The summed E-state index contributed by atoms with van der Waals surface area (Å²) in [6.07, 6.45) is 4.48. The number of H-pyrrole nitrogens is 1. The van der Waals surface area contributed by atoms with Crippen LogP contribution in [0, 0.1) is 6.92 Å². The summed E-state index contributed by atoms with van der Waals surface area (Å²) in [7, 11) is 0. The molecular formula is C18H17N3O2S. The summed E-state index contributed by atoms with van der Waals surface area (Å²) in [5, 5.41) is 0.635. The maximum Gasteiger partial charge on any atom is 0.254 e. The number of thioether (sulfide) groups is 1. The zero-order valence-corrected chi connectivity index (χ0v) is 14.2. The fourth-order valence-electron chi connectivity index (χ4n) is 2.85. The molecule has 1 aliphatic carbocycles. The Bertz CT molecular complexity index is 928. The molecule has 6 heteroatoms. The van der Waals surface area contributed by atoms with E-state index in [0.717, 1.165) is 41.8 Å². The van der Waals surface area contributed by atoms with Gasteiger partial charge in [0.15, 0.2) is 10.9 Å². The number of rotatable bonds is 4. The van der Waals surface area contributed by atoms with Gasteiger partial charge in [0, 0.05) is 11.1 Å². The molecule has 0 amide bonds. The first kappa shape index (κ1) is 15.2. The highest BCUT2D eigenvalue weighted by Gasteiger charge is 2.17. The Morgan fingerprint density at radius 2 is 2.08 bits per heavy atom. The van der Waals surface area contributed by atoms with Gasteiger partial charge in [-0.2, -0.15) is 0 Å². The van der Waals surface area contributed by atoms with Crippen LogP contribution in [-0.2, 0) is 18.6 Å². The second-order valence-electron chi connectivity index (χ2n) is 5.92. The van der Waals surface area contributed by atoms with Crippen LogP contribution in [0.1, 0.15) is 29.1 Å². The minimum Gasteiger partial charge on any atom is -0.440 e. The lowest BCUT2D eigenvalue weighted by molar-refractivity contribution is 0.530. The fourth-order valence-corrected chi connectivity index (χ4v) is 3.58. The summed E-state index contributed by atoms with van der Waals surface area (Å²) in [5.41, 5.74) is 3.99. The van der Waals surface area contributed by atoms with Crippen LogP contribution in [-0.4, -0.2) is 15.0 Å². The highest BCUT2D eigenvalue weighted by molar-refractivity contribution is 7.98. The van der Waals surface area contributed by atoms with Crippen LogP contribution < -0.4 is 5.56 Å². The summed E-state index contributed by atoms with van der Waals surface area (Å²) < 4.78 is 5.80. The lowest BCUT2D eigenvalue weighted by atomic mass is 10.1. The molecule has 1 aromatic carbocycles. The number of hydrogen-bond acceptors (Lipinski definition) is 5. The van der Waals surface area contributed by atoms with Gasteiger partial charge in [-0.05, 0) is 26.2 Å². The second kappa shape index (κ2) is 6.28. The molecule has 3 aromatic rings. The summed E-state index contributed by atoms with van der Waals surface area (Å²) in [5.74, 6) is 1.91. The molecule has 0 bridgehead atoms. The van der Waals surface area contributed by atoms with Crippen molar-refractivity contribution in [3.8, 4) is 11.3 Å². The quantitative estimate of drug-likeness (QED) is 0.582. The minimum atomic E-state index is -0.00671. The van der Waals surface area contributed by atoms with Gasteiger partial charge in [-0.1, -0.05) is 41.6 Å². The molecule has 0 fully saturated rings. The molecule has 2 heterocycles. The molecule has 5 nitrogen and oxygen atoms in total. The van der Waals surface area contributed by atoms with Crippen molar-refractivity contribution < 1.29 is 4.42 Å². The van der Waals surface area contributed by atoms with Crippen LogP contribution in [0.3, 0.4) is 0 Å². The molecule has 122 valence electrons. The molecule has 2 aromatic heterocycles. The van der Waals surface area contributed by atoms with E-state index in [0.29, 0.717) is 16.8 Å². The van der Waals surface area contributed by atoms with Crippen LogP contribution in [0.2, 0.25) is 0 Å². The van der Waals surface area contributed by atoms with Crippen LogP contribution in [0.15, 0.2) is 44.8 Å². The van der Waals surface area contributed by atoms with Crippen molar-refractivity contribution in [1.82, 2.24) is 15.0 Å². The van der Waals surface area contributed by atoms with E-state index in [1.807, 2.05) is 24.3 Å². The molecule has 1 aliphatic rings. The van der Waals surface area contributed by atoms with Crippen LogP contribution in [0.4, 0.5) is 0 Å². The number of aromatic nitrogens is 3. The highest BCUT2D eigenvalue weighted by atomic mass is 32.2. The Hall–Kier alpha value is -2.34. The third kappa shape index (κ3) is 3.01. The lowest BCUT2D eigenvalue weighted by Gasteiger charge is -2.02. The smallest absolute Gasteiger partial charge is 0.254 e. The zero-order chi connectivity index (χ0) is 16.5. The van der Waals surface area contributed by atoms with Crippen molar-refractivity contribution in [3.05, 3.63) is 63.5 Å². The van der Waals surface area contributed by atoms with Crippen molar-refractivity contribution in [2.24, 2.45) is 0 Å². The van der Waals surface area contributed by atoms with Crippen molar-refractivity contribution in [1.29, 1.82) is 0 Å². The Labute approximate surface area is 143 Å². The summed E-state index contributed by atoms with van der Waals surface area (Å²) >= 11 is 1.44. The number of aryl methyl sites for hydroxylation is 2. The summed E-state index contributed by atoms with van der Waals surface area (Å²) in [6.45, 7) is 2.05. The zero-order valence-electron chi connectivity index (χ0n) is 13.3.